The van der Waals surface area contributed by atoms with Gasteiger partial charge in [-0.15, -0.1) is 0 Å². The third-order valence-corrected chi connectivity index (χ3v) is 3.30. The molecule has 0 atom stereocenters. The molecule has 0 aliphatic rings. The Balaban J connectivity index is 3.59. The second-order valence-electron chi connectivity index (χ2n) is 2.93. The van der Waals surface area contributed by atoms with Gasteiger partial charge in [0.05, 0.1) is 7.11 Å². The van der Waals surface area contributed by atoms with Gasteiger partial charge in [-0.3, -0.25) is 0 Å². The summed E-state index contributed by atoms with van der Waals surface area (Å²) >= 11 is 0. The Morgan fingerprint density at radius 1 is 1.50 bits per heavy atom. The molecule has 1 heterocycles. The maximum atomic E-state index is 12.6. The predicted molar refractivity (Wildman–Crippen MR) is 53.5 cm³/mol. The molecule has 0 aliphatic carbocycles. The van der Waals surface area contributed by atoms with E-state index in [1.807, 2.05) is 0 Å². The van der Waals surface area contributed by atoms with Crippen molar-refractivity contribution in [2.24, 2.45) is 0 Å². The summed E-state index contributed by atoms with van der Waals surface area (Å²) in [5.74, 6) is -0.0862. The number of aromatic nitrogens is 1. The van der Waals surface area contributed by atoms with Gasteiger partial charge in [0.25, 0.3) is 15.5 Å². The zero-order valence-electron chi connectivity index (χ0n) is 8.37. The zero-order valence-corrected chi connectivity index (χ0v) is 9.94. The van der Waals surface area contributed by atoms with E-state index in [1.165, 1.54) is 20.1 Å². The number of ether oxygens (including phenoxy) is 1. The largest absolute Gasteiger partial charge is 0.481 e. The number of methoxy groups -OCH3 is 1. The molecular weight excluding hydrogens is 264 g/mol. The molecule has 8 heteroatoms. The summed E-state index contributed by atoms with van der Waals surface area (Å²) in [5, 5.41) is 0. The van der Waals surface area contributed by atoms with Crippen molar-refractivity contribution < 1.29 is 21.9 Å². The second kappa shape index (κ2) is 4.50. The van der Waals surface area contributed by atoms with Crippen LogP contribution in [-0.4, -0.2) is 20.5 Å². The summed E-state index contributed by atoms with van der Waals surface area (Å²) in [6, 6.07) is 1.22. The minimum Gasteiger partial charge on any atom is -0.481 e. The van der Waals surface area contributed by atoms with E-state index in [2.05, 4.69) is 9.72 Å². The van der Waals surface area contributed by atoms with Crippen LogP contribution in [-0.2, 0) is 9.05 Å². The number of hydrogen-bond donors (Lipinski definition) is 0. The summed E-state index contributed by atoms with van der Waals surface area (Å²) in [5.41, 5.74) is -0.830. The standard InChI is InChI=1S/C8H8ClF2NO3S/c1-4-3-5(15-2)12-6(8(10)11)7(4)16(9,13)14/h3,8H,1-2H3. The van der Waals surface area contributed by atoms with Crippen LogP contribution >= 0.6 is 10.7 Å². The van der Waals surface area contributed by atoms with E-state index in [9.17, 15) is 17.2 Å². The van der Waals surface area contributed by atoms with E-state index in [1.54, 1.807) is 0 Å². The molecule has 0 unspecified atom stereocenters. The molecule has 0 aliphatic heterocycles. The monoisotopic (exact) mass is 271 g/mol. The first kappa shape index (κ1) is 13.1. The van der Waals surface area contributed by atoms with Gasteiger partial charge in [0, 0.05) is 16.7 Å². The fraction of sp³-hybridized carbons (Fsp3) is 0.375. The summed E-state index contributed by atoms with van der Waals surface area (Å²) in [6.45, 7) is 1.34. The smallest absolute Gasteiger partial charge is 0.281 e. The van der Waals surface area contributed by atoms with Crippen molar-refractivity contribution in [2.75, 3.05) is 7.11 Å². The summed E-state index contributed by atoms with van der Waals surface area (Å²) < 4.78 is 52.2. The second-order valence-corrected chi connectivity index (χ2v) is 5.44. The van der Waals surface area contributed by atoms with Gasteiger partial charge in [0.2, 0.25) is 5.88 Å². The van der Waals surface area contributed by atoms with Gasteiger partial charge < -0.3 is 4.74 Å². The Morgan fingerprint density at radius 3 is 2.44 bits per heavy atom. The number of pyridine rings is 1. The summed E-state index contributed by atoms with van der Waals surface area (Å²) in [6.07, 6.45) is -3.04. The van der Waals surface area contributed by atoms with Crippen LogP contribution in [0.2, 0.25) is 0 Å². The molecule has 0 saturated carbocycles. The first-order valence-corrected chi connectivity index (χ1v) is 6.36. The Hall–Kier alpha value is -0.950. The van der Waals surface area contributed by atoms with Crippen LogP contribution in [0.25, 0.3) is 0 Å². The van der Waals surface area contributed by atoms with Gasteiger partial charge in [-0.25, -0.2) is 22.2 Å². The molecular formula is C8H8ClF2NO3S. The predicted octanol–water partition coefficient (Wildman–Crippen LogP) is 2.26. The average Bonchev–Trinajstić information content (AvgIpc) is 2.14. The summed E-state index contributed by atoms with van der Waals surface area (Å²) in [7, 11) is 2.05. The molecule has 0 saturated heterocycles. The number of rotatable bonds is 3. The molecule has 0 spiro atoms. The van der Waals surface area contributed by atoms with Crippen LogP contribution in [0, 0.1) is 6.92 Å². The third-order valence-electron chi connectivity index (χ3n) is 1.82. The van der Waals surface area contributed by atoms with Gasteiger partial charge in [0.15, 0.2) is 0 Å². The van der Waals surface area contributed by atoms with Gasteiger partial charge in [-0.05, 0) is 12.5 Å². The van der Waals surface area contributed by atoms with E-state index in [4.69, 9.17) is 10.7 Å². The number of aryl methyl sites for hydroxylation is 1. The molecule has 1 rings (SSSR count). The molecule has 0 fully saturated rings. The molecule has 0 bridgehead atoms. The Morgan fingerprint density at radius 2 is 2.06 bits per heavy atom. The molecule has 4 nitrogen and oxygen atoms in total. The number of hydrogen-bond acceptors (Lipinski definition) is 4. The topological polar surface area (TPSA) is 56.3 Å². The molecule has 0 N–H and O–H groups in total. The van der Waals surface area contributed by atoms with Crippen molar-refractivity contribution in [2.45, 2.75) is 18.2 Å². The normalized spacial score (nSPS) is 11.9. The van der Waals surface area contributed by atoms with Crippen molar-refractivity contribution >= 4 is 19.7 Å². The quantitative estimate of drug-likeness (QED) is 0.792. The highest BCUT2D eigenvalue weighted by molar-refractivity contribution is 8.13. The Bertz CT molecular complexity index is 504. The fourth-order valence-corrected chi connectivity index (χ4v) is 2.65. The first-order valence-electron chi connectivity index (χ1n) is 4.05. The molecule has 1 aromatic heterocycles. The lowest BCUT2D eigenvalue weighted by Gasteiger charge is -2.10. The maximum absolute atomic E-state index is 12.6. The lowest BCUT2D eigenvalue weighted by atomic mass is 10.2. The maximum Gasteiger partial charge on any atom is 0.281 e. The number of halogens is 3. The molecule has 16 heavy (non-hydrogen) atoms. The number of alkyl halides is 2. The van der Waals surface area contributed by atoms with Gasteiger partial charge >= 0.3 is 0 Å². The van der Waals surface area contributed by atoms with E-state index >= 15 is 0 Å². The molecule has 0 radical (unpaired) electrons. The van der Waals surface area contributed by atoms with Crippen molar-refractivity contribution in [1.29, 1.82) is 0 Å². The fourth-order valence-electron chi connectivity index (χ4n) is 1.22. The van der Waals surface area contributed by atoms with Crippen molar-refractivity contribution in [3.05, 3.63) is 17.3 Å². The van der Waals surface area contributed by atoms with Crippen LogP contribution in [0.15, 0.2) is 11.0 Å². The molecule has 0 aromatic carbocycles. The summed E-state index contributed by atoms with van der Waals surface area (Å²) in [4.78, 5) is 2.72. The van der Waals surface area contributed by atoms with Crippen molar-refractivity contribution in [3.8, 4) is 5.88 Å². The highest BCUT2D eigenvalue weighted by Crippen LogP contribution is 2.31. The SMILES string of the molecule is COc1cc(C)c(S(=O)(=O)Cl)c(C(F)F)n1. The minimum atomic E-state index is -4.26. The zero-order chi connectivity index (χ0) is 12.5. The van der Waals surface area contributed by atoms with Crippen molar-refractivity contribution in [3.63, 3.8) is 0 Å². The van der Waals surface area contributed by atoms with E-state index in [0.717, 1.165) is 0 Å². The van der Waals surface area contributed by atoms with Gasteiger partial charge in [0.1, 0.15) is 10.6 Å². The van der Waals surface area contributed by atoms with Crippen LogP contribution in [0.4, 0.5) is 8.78 Å². The van der Waals surface area contributed by atoms with E-state index < -0.39 is 26.1 Å². The first-order chi connectivity index (χ1) is 7.27. The third kappa shape index (κ3) is 2.59. The molecule has 1 aromatic rings. The Labute approximate surface area is 95.6 Å². The van der Waals surface area contributed by atoms with Crippen LogP contribution < -0.4 is 4.74 Å². The molecule has 90 valence electrons. The van der Waals surface area contributed by atoms with Gasteiger partial charge in [-0.2, -0.15) is 0 Å². The minimum absolute atomic E-state index is 0.0668. The Kier molecular flexibility index (Phi) is 3.69. The lowest BCUT2D eigenvalue weighted by molar-refractivity contribution is 0.141. The van der Waals surface area contributed by atoms with Crippen molar-refractivity contribution in [1.82, 2.24) is 4.98 Å². The van der Waals surface area contributed by atoms with Gasteiger partial charge in [-0.1, -0.05) is 0 Å². The van der Waals surface area contributed by atoms with E-state index in [0.29, 0.717) is 0 Å². The van der Waals surface area contributed by atoms with Crippen LogP contribution in [0.3, 0.4) is 0 Å². The number of nitrogens with zero attached hydrogens (tertiary/aromatic N) is 1. The van der Waals surface area contributed by atoms with Crippen LogP contribution in [0.5, 0.6) is 5.88 Å². The van der Waals surface area contributed by atoms with Crippen LogP contribution in [0.1, 0.15) is 17.7 Å². The highest BCUT2D eigenvalue weighted by atomic mass is 35.7. The highest BCUT2D eigenvalue weighted by Gasteiger charge is 2.26. The lowest BCUT2D eigenvalue weighted by Crippen LogP contribution is -2.06. The van der Waals surface area contributed by atoms with E-state index in [-0.39, 0.29) is 11.4 Å². The molecule has 0 amide bonds. The average molecular weight is 272 g/mol.